The van der Waals surface area contributed by atoms with E-state index >= 15 is 0 Å². The van der Waals surface area contributed by atoms with Crippen molar-refractivity contribution in [3.05, 3.63) is 52.5 Å². The standard InChI is InChI=1S/C24H27N7O4/c1-14-8-20(29-35-14)22-27-26-21-9-18(24(2,3)32)23(28-31(21)22)34-11-16-5-4-15-10-30(17-12-33-13-17)7-6-19(15)25-16/h4-5,8-9,17,32H,6-7,10-13H2,1-3H3. The summed E-state index contributed by atoms with van der Waals surface area (Å²) in [4.78, 5) is 7.31. The lowest BCUT2D eigenvalue weighted by Gasteiger charge is -2.39. The minimum absolute atomic E-state index is 0.218. The number of hydrogen-bond acceptors (Lipinski definition) is 10. The summed E-state index contributed by atoms with van der Waals surface area (Å²) in [6.45, 7) is 8.91. The molecule has 0 spiro atoms. The molecule has 1 fully saturated rings. The Morgan fingerprint density at radius 1 is 1.20 bits per heavy atom. The van der Waals surface area contributed by atoms with Crippen molar-refractivity contribution in [1.82, 2.24) is 34.9 Å². The van der Waals surface area contributed by atoms with E-state index in [1.54, 1.807) is 37.4 Å². The van der Waals surface area contributed by atoms with Gasteiger partial charge in [-0.05, 0) is 38.5 Å². The molecule has 11 nitrogen and oxygen atoms in total. The number of fused-ring (bicyclic) bond motifs is 2. The Morgan fingerprint density at radius 3 is 2.77 bits per heavy atom. The lowest BCUT2D eigenvalue weighted by Crippen LogP contribution is -2.50. The highest BCUT2D eigenvalue weighted by Gasteiger charge is 2.30. The van der Waals surface area contributed by atoms with E-state index in [0.717, 1.165) is 44.1 Å². The van der Waals surface area contributed by atoms with E-state index in [0.29, 0.717) is 34.5 Å². The van der Waals surface area contributed by atoms with Crippen molar-refractivity contribution in [3.8, 4) is 17.4 Å². The monoisotopic (exact) mass is 477 g/mol. The summed E-state index contributed by atoms with van der Waals surface area (Å²) in [5.41, 5.74) is 3.47. The first-order chi connectivity index (χ1) is 16.8. The van der Waals surface area contributed by atoms with Gasteiger partial charge in [0, 0.05) is 31.3 Å². The molecule has 0 amide bonds. The van der Waals surface area contributed by atoms with Crippen LogP contribution in [0.1, 0.15) is 42.1 Å². The molecule has 0 aliphatic carbocycles. The zero-order chi connectivity index (χ0) is 24.2. The Morgan fingerprint density at radius 2 is 2.06 bits per heavy atom. The Bertz CT molecular complexity index is 1390. The Kier molecular flexibility index (Phi) is 5.28. The van der Waals surface area contributed by atoms with Crippen LogP contribution >= 0.6 is 0 Å². The first-order valence-electron chi connectivity index (χ1n) is 11.7. The molecule has 0 unspecified atom stereocenters. The van der Waals surface area contributed by atoms with Gasteiger partial charge in [-0.15, -0.1) is 15.3 Å². The maximum absolute atomic E-state index is 10.8. The van der Waals surface area contributed by atoms with Crippen LogP contribution in [0.4, 0.5) is 0 Å². The smallest absolute Gasteiger partial charge is 0.238 e. The third-order valence-electron chi connectivity index (χ3n) is 6.50. The van der Waals surface area contributed by atoms with Crippen LogP contribution in [0.3, 0.4) is 0 Å². The molecule has 0 atom stereocenters. The summed E-state index contributed by atoms with van der Waals surface area (Å²) in [5, 5.41) is 27.8. The first kappa shape index (κ1) is 22.1. The lowest BCUT2D eigenvalue weighted by atomic mass is 10.0. The summed E-state index contributed by atoms with van der Waals surface area (Å²) in [5.74, 6) is 1.36. The molecule has 4 aromatic heterocycles. The van der Waals surface area contributed by atoms with E-state index in [9.17, 15) is 5.11 Å². The normalized spacial score (nSPS) is 16.9. The molecule has 6 rings (SSSR count). The van der Waals surface area contributed by atoms with Gasteiger partial charge in [-0.25, -0.2) is 0 Å². The topological polar surface area (TPSA) is 124 Å². The van der Waals surface area contributed by atoms with E-state index in [1.807, 2.05) is 6.07 Å². The van der Waals surface area contributed by atoms with Crippen LogP contribution < -0.4 is 4.74 Å². The Hall–Kier alpha value is -3.41. The Balaban J connectivity index is 1.27. The van der Waals surface area contributed by atoms with Crippen molar-refractivity contribution in [2.24, 2.45) is 0 Å². The molecule has 0 saturated carbocycles. The van der Waals surface area contributed by atoms with Crippen molar-refractivity contribution < 1.29 is 19.1 Å². The zero-order valence-corrected chi connectivity index (χ0v) is 19.9. The fourth-order valence-electron chi connectivity index (χ4n) is 4.44. The SMILES string of the molecule is Cc1cc(-c2nnc3cc(C(C)(C)O)c(OCc4ccc5c(n4)CCN(C4COC4)C5)nn23)no1. The minimum atomic E-state index is -1.20. The van der Waals surface area contributed by atoms with Crippen molar-refractivity contribution >= 4 is 5.65 Å². The van der Waals surface area contributed by atoms with Gasteiger partial charge < -0.3 is 19.1 Å². The molecule has 0 radical (unpaired) electrons. The predicted molar refractivity (Wildman–Crippen MR) is 124 cm³/mol. The molecule has 1 N–H and O–H groups in total. The molecule has 11 heteroatoms. The van der Waals surface area contributed by atoms with Gasteiger partial charge in [0.1, 0.15) is 12.4 Å². The quantitative estimate of drug-likeness (QED) is 0.441. The van der Waals surface area contributed by atoms with Gasteiger partial charge in [0.25, 0.3) is 0 Å². The molecular weight excluding hydrogens is 450 g/mol. The number of pyridine rings is 1. The number of aliphatic hydroxyl groups is 1. The number of hydrogen-bond donors (Lipinski definition) is 1. The van der Waals surface area contributed by atoms with E-state index in [2.05, 4.69) is 31.4 Å². The molecular formula is C24H27N7O4. The maximum atomic E-state index is 10.8. The fraction of sp³-hybridized carbons (Fsp3) is 0.458. The van der Waals surface area contributed by atoms with Crippen LogP contribution in [0, 0.1) is 6.92 Å². The highest BCUT2D eigenvalue weighted by Crippen LogP contribution is 2.31. The summed E-state index contributed by atoms with van der Waals surface area (Å²) in [6.07, 6.45) is 0.903. The molecule has 0 bridgehead atoms. The molecule has 35 heavy (non-hydrogen) atoms. The van der Waals surface area contributed by atoms with Crippen molar-refractivity contribution in [2.75, 3.05) is 19.8 Å². The summed E-state index contributed by atoms with van der Waals surface area (Å²) < 4.78 is 18.2. The highest BCUT2D eigenvalue weighted by molar-refractivity contribution is 5.56. The minimum Gasteiger partial charge on any atom is -0.470 e. The van der Waals surface area contributed by atoms with E-state index in [4.69, 9.17) is 19.0 Å². The van der Waals surface area contributed by atoms with Crippen molar-refractivity contribution in [1.29, 1.82) is 0 Å². The second kappa shape index (κ2) is 8.36. The van der Waals surface area contributed by atoms with Crippen molar-refractivity contribution in [2.45, 2.75) is 52.0 Å². The van der Waals surface area contributed by atoms with Gasteiger partial charge >= 0.3 is 0 Å². The van der Waals surface area contributed by atoms with Gasteiger partial charge in [0.05, 0.1) is 36.1 Å². The lowest BCUT2D eigenvalue weighted by molar-refractivity contribution is -0.0696. The van der Waals surface area contributed by atoms with Crippen LogP contribution in [-0.2, 0) is 29.9 Å². The molecule has 0 aromatic carbocycles. The molecule has 182 valence electrons. The number of aromatic nitrogens is 6. The van der Waals surface area contributed by atoms with Gasteiger partial charge in [-0.2, -0.15) is 4.52 Å². The van der Waals surface area contributed by atoms with Crippen LogP contribution in [0.15, 0.2) is 28.8 Å². The average Bonchev–Trinajstić information content (AvgIpc) is 3.40. The predicted octanol–water partition coefficient (Wildman–Crippen LogP) is 2.05. The summed E-state index contributed by atoms with van der Waals surface area (Å²) in [6, 6.07) is 8.13. The van der Waals surface area contributed by atoms with Crippen LogP contribution in [0.5, 0.6) is 5.88 Å². The third-order valence-corrected chi connectivity index (χ3v) is 6.50. The van der Waals surface area contributed by atoms with E-state index in [-0.39, 0.29) is 12.5 Å². The largest absolute Gasteiger partial charge is 0.470 e. The van der Waals surface area contributed by atoms with Crippen LogP contribution in [0.25, 0.3) is 17.2 Å². The number of aryl methyl sites for hydroxylation is 1. The molecule has 1 saturated heterocycles. The van der Waals surface area contributed by atoms with Gasteiger partial charge in [0.15, 0.2) is 11.3 Å². The summed E-state index contributed by atoms with van der Waals surface area (Å²) in [7, 11) is 0. The molecule has 4 aromatic rings. The second-order valence-electron chi connectivity index (χ2n) is 9.65. The van der Waals surface area contributed by atoms with E-state index in [1.165, 1.54) is 5.56 Å². The average molecular weight is 478 g/mol. The maximum Gasteiger partial charge on any atom is 0.238 e. The van der Waals surface area contributed by atoms with Gasteiger partial charge in [-0.3, -0.25) is 9.88 Å². The highest BCUT2D eigenvalue weighted by atomic mass is 16.5. The first-order valence-corrected chi connectivity index (χ1v) is 11.7. The number of ether oxygens (including phenoxy) is 2. The van der Waals surface area contributed by atoms with Gasteiger partial charge in [0.2, 0.25) is 11.7 Å². The fourth-order valence-corrected chi connectivity index (χ4v) is 4.44. The van der Waals surface area contributed by atoms with Crippen LogP contribution in [-0.4, -0.2) is 65.8 Å². The number of rotatable bonds is 6. The summed E-state index contributed by atoms with van der Waals surface area (Å²) >= 11 is 0. The molecule has 2 aliphatic rings. The van der Waals surface area contributed by atoms with Crippen LogP contribution in [0.2, 0.25) is 0 Å². The molecule has 6 heterocycles. The third kappa shape index (κ3) is 4.15. The molecule has 2 aliphatic heterocycles. The number of nitrogens with zero attached hydrogens (tertiary/aromatic N) is 7. The van der Waals surface area contributed by atoms with Gasteiger partial charge in [-0.1, -0.05) is 11.2 Å². The second-order valence-corrected chi connectivity index (χ2v) is 9.65. The van der Waals surface area contributed by atoms with E-state index < -0.39 is 5.60 Å². The Labute approximate surface area is 201 Å². The zero-order valence-electron chi connectivity index (χ0n) is 19.9. The van der Waals surface area contributed by atoms with Crippen molar-refractivity contribution in [3.63, 3.8) is 0 Å².